The summed E-state index contributed by atoms with van der Waals surface area (Å²) in [5.74, 6) is 0.649. The Kier molecular flexibility index (Phi) is 5.19. The van der Waals surface area contributed by atoms with Crippen molar-refractivity contribution < 1.29 is 19.1 Å². The molecule has 4 heteroatoms. The van der Waals surface area contributed by atoms with Crippen molar-refractivity contribution in [2.75, 3.05) is 6.61 Å². The van der Waals surface area contributed by atoms with Gasteiger partial charge in [-0.25, -0.2) is 0 Å². The van der Waals surface area contributed by atoms with Crippen LogP contribution in [0.1, 0.15) is 26.7 Å². The van der Waals surface area contributed by atoms with Crippen LogP contribution in [0.25, 0.3) is 0 Å². The molecule has 1 aliphatic carbocycles. The molecule has 0 bridgehead atoms. The van der Waals surface area contributed by atoms with Gasteiger partial charge in [0.1, 0.15) is 6.10 Å². The first-order chi connectivity index (χ1) is 8.15. The third kappa shape index (κ3) is 3.58. The Balaban J connectivity index is 2.31. The quantitative estimate of drug-likeness (QED) is 0.369. The third-order valence-corrected chi connectivity index (χ3v) is 3.40. The Morgan fingerprint density at radius 1 is 1.53 bits per heavy atom. The van der Waals surface area contributed by atoms with Gasteiger partial charge >= 0.3 is 5.97 Å². The van der Waals surface area contributed by atoms with Crippen LogP contribution < -0.4 is 0 Å². The molecule has 3 unspecified atom stereocenters. The monoisotopic (exact) mass is 240 g/mol. The molecule has 0 heterocycles. The lowest BCUT2D eigenvalue weighted by atomic mass is 10.1. The van der Waals surface area contributed by atoms with Crippen LogP contribution in [-0.2, 0) is 19.1 Å². The maximum absolute atomic E-state index is 11.5. The Morgan fingerprint density at radius 3 is 2.76 bits per heavy atom. The minimum atomic E-state index is -0.247. The summed E-state index contributed by atoms with van der Waals surface area (Å²) in [6, 6.07) is 0. The van der Waals surface area contributed by atoms with Gasteiger partial charge in [-0.15, -0.1) is 0 Å². The standard InChI is InChI=1S/C13H20O4/c1-4-10(17-8-14)6-7-11-9(3)12(11)13(15)16-5-2/h4,8-12H,1,5-7H2,2-3H3/t9?,10-,11?,12?/m0/s1. The van der Waals surface area contributed by atoms with Crippen molar-refractivity contribution in [1.82, 2.24) is 0 Å². The van der Waals surface area contributed by atoms with Gasteiger partial charge in [-0.05, 0) is 31.6 Å². The van der Waals surface area contributed by atoms with Gasteiger partial charge in [0.25, 0.3) is 6.47 Å². The second kappa shape index (κ2) is 6.42. The van der Waals surface area contributed by atoms with E-state index in [0.717, 1.165) is 6.42 Å². The summed E-state index contributed by atoms with van der Waals surface area (Å²) < 4.78 is 9.83. The van der Waals surface area contributed by atoms with Crippen molar-refractivity contribution in [3.63, 3.8) is 0 Å². The fraction of sp³-hybridized carbons (Fsp3) is 0.692. The van der Waals surface area contributed by atoms with Crippen molar-refractivity contribution in [1.29, 1.82) is 0 Å². The molecule has 1 saturated carbocycles. The molecule has 0 radical (unpaired) electrons. The molecule has 17 heavy (non-hydrogen) atoms. The van der Waals surface area contributed by atoms with Gasteiger partial charge in [0.15, 0.2) is 0 Å². The minimum Gasteiger partial charge on any atom is -0.466 e. The summed E-state index contributed by atoms with van der Waals surface area (Å²) in [7, 11) is 0. The van der Waals surface area contributed by atoms with Crippen molar-refractivity contribution >= 4 is 12.4 Å². The van der Waals surface area contributed by atoms with Crippen LogP contribution in [0.2, 0.25) is 0 Å². The highest BCUT2D eigenvalue weighted by Crippen LogP contribution is 2.49. The lowest BCUT2D eigenvalue weighted by Crippen LogP contribution is -2.10. The van der Waals surface area contributed by atoms with Gasteiger partial charge in [0.05, 0.1) is 12.5 Å². The number of carbonyl (C=O) groups is 2. The molecule has 1 rings (SSSR count). The van der Waals surface area contributed by atoms with Gasteiger partial charge in [-0.3, -0.25) is 9.59 Å². The molecule has 4 nitrogen and oxygen atoms in total. The summed E-state index contributed by atoms with van der Waals surface area (Å²) >= 11 is 0. The number of hydrogen-bond donors (Lipinski definition) is 0. The summed E-state index contributed by atoms with van der Waals surface area (Å²) in [4.78, 5) is 21.7. The Labute approximate surface area is 102 Å². The Bertz CT molecular complexity index is 287. The van der Waals surface area contributed by atoms with Crippen LogP contribution in [0, 0.1) is 17.8 Å². The summed E-state index contributed by atoms with van der Waals surface area (Å²) in [5.41, 5.74) is 0. The van der Waals surface area contributed by atoms with Gasteiger partial charge in [0.2, 0.25) is 0 Å². The molecule has 0 aromatic heterocycles. The highest BCUT2D eigenvalue weighted by molar-refractivity contribution is 5.76. The zero-order valence-electron chi connectivity index (χ0n) is 10.4. The number of carbonyl (C=O) groups excluding carboxylic acids is 2. The van der Waals surface area contributed by atoms with E-state index >= 15 is 0 Å². The van der Waals surface area contributed by atoms with E-state index in [4.69, 9.17) is 9.47 Å². The SMILES string of the molecule is C=C[C@@H](CCC1C(C)C1C(=O)OCC)OC=O. The lowest BCUT2D eigenvalue weighted by Gasteiger charge is -2.09. The van der Waals surface area contributed by atoms with Crippen LogP contribution in [-0.4, -0.2) is 25.2 Å². The fourth-order valence-corrected chi connectivity index (χ4v) is 2.29. The largest absolute Gasteiger partial charge is 0.466 e. The second-order valence-electron chi connectivity index (χ2n) is 4.38. The van der Waals surface area contributed by atoms with Gasteiger partial charge < -0.3 is 9.47 Å². The average molecular weight is 240 g/mol. The van der Waals surface area contributed by atoms with E-state index in [2.05, 4.69) is 13.5 Å². The number of ether oxygens (including phenoxy) is 2. The summed E-state index contributed by atoms with van der Waals surface area (Å²) in [5, 5.41) is 0. The van der Waals surface area contributed by atoms with Gasteiger partial charge in [-0.2, -0.15) is 0 Å². The van der Waals surface area contributed by atoms with E-state index in [-0.39, 0.29) is 18.0 Å². The first-order valence-corrected chi connectivity index (χ1v) is 6.04. The van der Waals surface area contributed by atoms with Crippen LogP contribution in [0.4, 0.5) is 0 Å². The van der Waals surface area contributed by atoms with Gasteiger partial charge in [-0.1, -0.05) is 19.6 Å². The number of esters is 1. The van der Waals surface area contributed by atoms with E-state index in [1.54, 1.807) is 6.08 Å². The van der Waals surface area contributed by atoms with Crippen molar-refractivity contribution in [2.45, 2.75) is 32.8 Å². The fourth-order valence-electron chi connectivity index (χ4n) is 2.29. The molecule has 0 aliphatic heterocycles. The van der Waals surface area contributed by atoms with E-state index in [0.29, 0.717) is 31.3 Å². The molecule has 0 aromatic rings. The highest BCUT2D eigenvalue weighted by Gasteiger charge is 2.51. The van der Waals surface area contributed by atoms with Crippen LogP contribution in [0.3, 0.4) is 0 Å². The first-order valence-electron chi connectivity index (χ1n) is 6.04. The van der Waals surface area contributed by atoms with E-state index in [1.165, 1.54) is 0 Å². The van der Waals surface area contributed by atoms with Crippen molar-refractivity contribution in [2.24, 2.45) is 17.8 Å². The highest BCUT2D eigenvalue weighted by atomic mass is 16.5. The molecule has 0 saturated heterocycles. The molecule has 0 N–H and O–H groups in total. The molecular formula is C13H20O4. The Morgan fingerprint density at radius 2 is 2.24 bits per heavy atom. The lowest BCUT2D eigenvalue weighted by molar-refractivity contribution is -0.145. The topological polar surface area (TPSA) is 52.6 Å². The van der Waals surface area contributed by atoms with Crippen LogP contribution >= 0.6 is 0 Å². The number of rotatable bonds is 8. The zero-order chi connectivity index (χ0) is 12.8. The minimum absolute atomic E-state index is 0.0247. The maximum atomic E-state index is 11.5. The van der Waals surface area contributed by atoms with Crippen molar-refractivity contribution in [3.05, 3.63) is 12.7 Å². The summed E-state index contributed by atoms with van der Waals surface area (Å²) in [6.07, 6.45) is 2.94. The zero-order valence-corrected chi connectivity index (χ0v) is 10.4. The second-order valence-corrected chi connectivity index (χ2v) is 4.38. The van der Waals surface area contributed by atoms with Crippen molar-refractivity contribution in [3.8, 4) is 0 Å². The normalized spacial score (nSPS) is 28.0. The third-order valence-electron chi connectivity index (χ3n) is 3.40. The maximum Gasteiger partial charge on any atom is 0.309 e. The molecule has 0 amide bonds. The average Bonchev–Trinajstić information content (AvgIpc) is 2.95. The molecule has 4 atom stereocenters. The first kappa shape index (κ1) is 13.7. The summed E-state index contributed by atoms with van der Waals surface area (Å²) in [6.45, 7) is 8.33. The Hall–Kier alpha value is -1.32. The van der Waals surface area contributed by atoms with E-state index in [9.17, 15) is 9.59 Å². The smallest absolute Gasteiger partial charge is 0.309 e. The molecule has 0 aromatic carbocycles. The van der Waals surface area contributed by atoms with E-state index in [1.807, 2.05) is 6.92 Å². The molecular weight excluding hydrogens is 220 g/mol. The molecule has 1 fully saturated rings. The molecule has 96 valence electrons. The van der Waals surface area contributed by atoms with E-state index < -0.39 is 0 Å². The van der Waals surface area contributed by atoms with Crippen LogP contribution in [0.5, 0.6) is 0 Å². The predicted molar refractivity (Wildman–Crippen MR) is 63.1 cm³/mol. The van der Waals surface area contributed by atoms with Crippen LogP contribution in [0.15, 0.2) is 12.7 Å². The number of hydrogen-bond acceptors (Lipinski definition) is 4. The molecule has 1 aliphatic rings. The van der Waals surface area contributed by atoms with Gasteiger partial charge in [0, 0.05) is 0 Å². The predicted octanol–water partition coefficient (Wildman–Crippen LogP) is 1.94. The molecule has 0 spiro atoms.